The van der Waals surface area contributed by atoms with Gasteiger partial charge in [0.25, 0.3) is 0 Å². The Labute approximate surface area is 184 Å². The molecule has 7 nitrogen and oxygen atoms in total. The van der Waals surface area contributed by atoms with Crippen LogP contribution in [0.5, 0.6) is 17.2 Å². The highest BCUT2D eigenvalue weighted by Crippen LogP contribution is 2.39. The van der Waals surface area contributed by atoms with Gasteiger partial charge in [0.2, 0.25) is 11.7 Å². The molecule has 2 aromatic rings. The van der Waals surface area contributed by atoms with Crippen molar-refractivity contribution in [2.45, 2.75) is 19.9 Å². The van der Waals surface area contributed by atoms with E-state index in [9.17, 15) is 4.79 Å². The molecule has 7 heteroatoms. The van der Waals surface area contributed by atoms with E-state index in [0.717, 1.165) is 39.3 Å². The lowest BCUT2D eigenvalue weighted by Gasteiger charge is -2.34. The number of amides is 1. The lowest BCUT2D eigenvalue weighted by atomic mass is 10.1. The molecule has 0 bridgehead atoms. The second kappa shape index (κ2) is 11.0. The number of nitrogens with one attached hydrogen (secondary N) is 1. The molecule has 1 heterocycles. The molecule has 1 N–H and O–H groups in total. The Kier molecular flexibility index (Phi) is 8.14. The van der Waals surface area contributed by atoms with E-state index in [2.05, 4.69) is 46.3 Å². The summed E-state index contributed by atoms with van der Waals surface area (Å²) in [6.45, 7) is 7.88. The van der Waals surface area contributed by atoms with E-state index in [1.807, 2.05) is 0 Å². The fourth-order valence-electron chi connectivity index (χ4n) is 3.84. The molecule has 0 aliphatic carbocycles. The fourth-order valence-corrected chi connectivity index (χ4v) is 3.84. The van der Waals surface area contributed by atoms with E-state index < -0.39 is 0 Å². The number of methoxy groups -OCH3 is 3. The highest BCUT2D eigenvalue weighted by atomic mass is 16.5. The predicted octanol–water partition coefficient (Wildman–Crippen LogP) is 3.17. The van der Waals surface area contributed by atoms with Gasteiger partial charge in [0.1, 0.15) is 0 Å². The number of hydrogen-bond acceptors (Lipinski definition) is 6. The van der Waals surface area contributed by atoms with Gasteiger partial charge in [-0.2, -0.15) is 0 Å². The van der Waals surface area contributed by atoms with Crippen LogP contribution in [0.1, 0.15) is 17.5 Å². The molecule has 1 aliphatic heterocycles. The molecule has 2 aromatic carbocycles. The SMILES string of the molecule is COc1cc(NC(=O)CCN2CCN(Cc3ccccc3C)CC2)cc(OC)c1OC. The Morgan fingerprint density at radius 1 is 0.935 bits per heavy atom. The first-order valence-electron chi connectivity index (χ1n) is 10.6. The molecule has 0 unspecified atom stereocenters. The Morgan fingerprint density at radius 3 is 2.13 bits per heavy atom. The van der Waals surface area contributed by atoms with Gasteiger partial charge in [0, 0.05) is 63.5 Å². The molecule has 0 saturated carbocycles. The average molecular weight is 428 g/mol. The molecule has 1 aliphatic rings. The molecule has 3 rings (SSSR count). The van der Waals surface area contributed by atoms with Crippen LogP contribution in [0, 0.1) is 6.92 Å². The summed E-state index contributed by atoms with van der Waals surface area (Å²) in [5.74, 6) is 1.51. The van der Waals surface area contributed by atoms with Crippen molar-refractivity contribution in [3.05, 3.63) is 47.5 Å². The van der Waals surface area contributed by atoms with Crippen LogP contribution in [-0.4, -0.2) is 69.8 Å². The van der Waals surface area contributed by atoms with Gasteiger partial charge in [-0.1, -0.05) is 24.3 Å². The van der Waals surface area contributed by atoms with E-state index in [1.165, 1.54) is 11.1 Å². The number of carbonyl (C=O) groups is 1. The monoisotopic (exact) mass is 427 g/mol. The minimum absolute atomic E-state index is 0.0309. The minimum atomic E-state index is -0.0309. The van der Waals surface area contributed by atoms with Gasteiger partial charge in [-0.05, 0) is 18.1 Å². The molecule has 168 valence electrons. The van der Waals surface area contributed by atoms with Gasteiger partial charge in [-0.3, -0.25) is 9.69 Å². The number of carbonyl (C=O) groups excluding carboxylic acids is 1. The van der Waals surface area contributed by atoms with Crippen molar-refractivity contribution in [3.8, 4) is 17.2 Å². The molecule has 1 saturated heterocycles. The van der Waals surface area contributed by atoms with Crippen LogP contribution in [0.2, 0.25) is 0 Å². The summed E-state index contributed by atoms with van der Waals surface area (Å²) in [5, 5.41) is 2.94. The average Bonchev–Trinajstić information content (AvgIpc) is 2.79. The summed E-state index contributed by atoms with van der Waals surface area (Å²) in [6.07, 6.45) is 0.439. The third-order valence-electron chi connectivity index (χ3n) is 5.72. The Balaban J connectivity index is 1.46. The summed E-state index contributed by atoms with van der Waals surface area (Å²) < 4.78 is 16.0. The minimum Gasteiger partial charge on any atom is -0.493 e. The maximum Gasteiger partial charge on any atom is 0.225 e. The molecular formula is C24H33N3O4. The summed E-state index contributed by atoms with van der Waals surface area (Å²) in [4.78, 5) is 17.3. The maximum atomic E-state index is 12.5. The van der Waals surface area contributed by atoms with Gasteiger partial charge >= 0.3 is 0 Å². The summed E-state index contributed by atoms with van der Waals surface area (Å²) in [7, 11) is 4.67. The van der Waals surface area contributed by atoms with E-state index in [0.29, 0.717) is 29.4 Å². The molecule has 0 atom stereocenters. The van der Waals surface area contributed by atoms with Gasteiger partial charge in [-0.25, -0.2) is 0 Å². The molecule has 31 heavy (non-hydrogen) atoms. The molecule has 1 amide bonds. The predicted molar refractivity (Wildman–Crippen MR) is 122 cm³/mol. The number of anilines is 1. The lowest BCUT2D eigenvalue weighted by Crippen LogP contribution is -2.46. The van der Waals surface area contributed by atoms with Gasteiger partial charge in [0.15, 0.2) is 11.5 Å². The summed E-state index contributed by atoms with van der Waals surface area (Å²) in [6, 6.07) is 12.0. The van der Waals surface area contributed by atoms with Crippen LogP contribution < -0.4 is 19.5 Å². The van der Waals surface area contributed by atoms with E-state index in [1.54, 1.807) is 33.5 Å². The van der Waals surface area contributed by atoms with Crippen LogP contribution >= 0.6 is 0 Å². The highest BCUT2D eigenvalue weighted by Gasteiger charge is 2.19. The number of aryl methyl sites for hydroxylation is 1. The standard InChI is InChI=1S/C24H33N3O4/c1-18-7-5-6-8-19(18)17-27-13-11-26(12-14-27)10-9-23(28)25-20-15-21(29-2)24(31-4)22(16-20)30-3/h5-8,15-16H,9-14,17H2,1-4H3,(H,25,28). The molecule has 0 aromatic heterocycles. The molecule has 1 fully saturated rings. The Hall–Kier alpha value is -2.77. The fraction of sp³-hybridized carbons (Fsp3) is 0.458. The maximum absolute atomic E-state index is 12.5. The van der Waals surface area contributed by atoms with E-state index in [-0.39, 0.29) is 5.91 Å². The van der Waals surface area contributed by atoms with Crippen molar-refractivity contribution >= 4 is 11.6 Å². The van der Waals surface area contributed by atoms with Crippen molar-refractivity contribution in [1.82, 2.24) is 9.80 Å². The van der Waals surface area contributed by atoms with Gasteiger partial charge < -0.3 is 24.4 Å². The molecular weight excluding hydrogens is 394 g/mol. The first kappa shape index (κ1) is 22.9. The second-order valence-corrected chi connectivity index (χ2v) is 7.76. The van der Waals surface area contributed by atoms with Gasteiger partial charge in [-0.15, -0.1) is 0 Å². The number of nitrogens with zero attached hydrogens (tertiary/aromatic N) is 2. The van der Waals surface area contributed by atoms with E-state index >= 15 is 0 Å². The van der Waals surface area contributed by atoms with Crippen LogP contribution in [0.4, 0.5) is 5.69 Å². The first-order chi connectivity index (χ1) is 15.0. The second-order valence-electron chi connectivity index (χ2n) is 7.76. The van der Waals surface area contributed by atoms with Crippen LogP contribution in [0.3, 0.4) is 0 Å². The smallest absolute Gasteiger partial charge is 0.225 e. The normalized spacial score (nSPS) is 14.8. The highest BCUT2D eigenvalue weighted by molar-refractivity contribution is 5.91. The molecule has 0 spiro atoms. The van der Waals surface area contributed by atoms with Crippen molar-refractivity contribution in [2.24, 2.45) is 0 Å². The van der Waals surface area contributed by atoms with Gasteiger partial charge in [0.05, 0.1) is 21.3 Å². The molecule has 0 radical (unpaired) electrons. The van der Waals surface area contributed by atoms with Crippen molar-refractivity contribution < 1.29 is 19.0 Å². The lowest BCUT2D eigenvalue weighted by molar-refractivity contribution is -0.116. The first-order valence-corrected chi connectivity index (χ1v) is 10.6. The number of piperazine rings is 1. The quantitative estimate of drug-likeness (QED) is 0.663. The number of hydrogen-bond donors (Lipinski definition) is 1. The third-order valence-corrected chi connectivity index (χ3v) is 5.72. The number of benzene rings is 2. The van der Waals surface area contributed by atoms with E-state index in [4.69, 9.17) is 14.2 Å². The van der Waals surface area contributed by atoms with Crippen molar-refractivity contribution in [2.75, 3.05) is 59.4 Å². The zero-order chi connectivity index (χ0) is 22.2. The van der Waals surface area contributed by atoms with Crippen LogP contribution in [0.25, 0.3) is 0 Å². The number of ether oxygens (including phenoxy) is 3. The topological polar surface area (TPSA) is 63.3 Å². The zero-order valence-corrected chi connectivity index (χ0v) is 18.9. The summed E-state index contributed by atoms with van der Waals surface area (Å²) in [5.41, 5.74) is 3.36. The Morgan fingerprint density at radius 2 is 1.55 bits per heavy atom. The third kappa shape index (κ3) is 6.12. The Bertz CT molecular complexity index is 854. The van der Waals surface area contributed by atoms with Crippen LogP contribution in [0.15, 0.2) is 36.4 Å². The largest absolute Gasteiger partial charge is 0.493 e. The summed E-state index contributed by atoms with van der Waals surface area (Å²) >= 11 is 0. The van der Waals surface area contributed by atoms with Crippen LogP contribution in [-0.2, 0) is 11.3 Å². The number of rotatable bonds is 9. The van der Waals surface area contributed by atoms with Crippen molar-refractivity contribution in [1.29, 1.82) is 0 Å². The van der Waals surface area contributed by atoms with Crippen molar-refractivity contribution in [3.63, 3.8) is 0 Å². The zero-order valence-electron chi connectivity index (χ0n) is 18.9.